The molecular formula is C22H26N2O3. The van der Waals surface area contributed by atoms with Gasteiger partial charge >= 0.3 is 5.97 Å². The molecule has 2 aliphatic heterocycles. The highest BCUT2D eigenvalue weighted by Crippen LogP contribution is 2.45. The molecular weight excluding hydrogens is 340 g/mol. The van der Waals surface area contributed by atoms with Crippen molar-refractivity contribution >= 4 is 17.3 Å². The molecule has 5 heteroatoms. The Bertz CT molecular complexity index is 834. The highest BCUT2D eigenvalue weighted by Gasteiger charge is 2.45. The van der Waals surface area contributed by atoms with Gasteiger partial charge in [0.15, 0.2) is 6.04 Å². The SMILES string of the molecule is CCOC(=O)[C@@H]1c2cc(C)ccc2N2CCC[C@H]2N1c1ccc(OC)cc1. The fourth-order valence-electron chi connectivity index (χ4n) is 4.33. The van der Waals surface area contributed by atoms with Crippen molar-refractivity contribution in [3.05, 3.63) is 53.6 Å². The van der Waals surface area contributed by atoms with E-state index in [-0.39, 0.29) is 12.1 Å². The molecule has 0 amide bonds. The third kappa shape index (κ3) is 3.01. The molecule has 0 spiro atoms. The quantitative estimate of drug-likeness (QED) is 0.764. The monoisotopic (exact) mass is 366 g/mol. The Balaban J connectivity index is 1.86. The number of nitrogens with zero attached hydrogens (tertiary/aromatic N) is 2. The molecule has 0 aromatic heterocycles. The van der Waals surface area contributed by atoms with Crippen molar-refractivity contribution in [2.45, 2.75) is 38.9 Å². The average Bonchev–Trinajstić information content (AvgIpc) is 3.16. The smallest absolute Gasteiger partial charge is 0.333 e. The molecule has 2 atom stereocenters. The fourth-order valence-corrected chi connectivity index (χ4v) is 4.33. The van der Waals surface area contributed by atoms with Gasteiger partial charge in [0.2, 0.25) is 0 Å². The van der Waals surface area contributed by atoms with Crippen molar-refractivity contribution in [2.75, 3.05) is 30.1 Å². The Morgan fingerprint density at radius 3 is 2.67 bits per heavy atom. The van der Waals surface area contributed by atoms with Crippen LogP contribution in [-0.2, 0) is 9.53 Å². The largest absolute Gasteiger partial charge is 0.497 e. The van der Waals surface area contributed by atoms with Gasteiger partial charge in [0.1, 0.15) is 11.9 Å². The Morgan fingerprint density at radius 2 is 1.96 bits per heavy atom. The number of anilines is 2. The van der Waals surface area contributed by atoms with Crippen LogP contribution in [0.15, 0.2) is 42.5 Å². The second-order valence-electron chi connectivity index (χ2n) is 7.14. The van der Waals surface area contributed by atoms with Gasteiger partial charge in [0.25, 0.3) is 0 Å². The molecule has 27 heavy (non-hydrogen) atoms. The predicted octanol–water partition coefficient (Wildman–Crippen LogP) is 4.05. The van der Waals surface area contributed by atoms with Crippen molar-refractivity contribution in [2.24, 2.45) is 0 Å². The summed E-state index contributed by atoms with van der Waals surface area (Å²) in [6.07, 6.45) is 2.29. The molecule has 0 aliphatic carbocycles. The van der Waals surface area contributed by atoms with Gasteiger partial charge in [-0.3, -0.25) is 0 Å². The van der Waals surface area contributed by atoms with E-state index < -0.39 is 6.04 Å². The number of ether oxygens (including phenoxy) is 2. The maximum absolute atomic E-state index is 13.1. The molecule has 0 radical (unpaired) electrons. The molecule has 0 saturated carbocycles. The summed E-state index contributed by atoms with van der Waals surface area (Å²) in [6.45, 7) is 5.30. The van der Waals surface area contributed by atoms with E-state index in [0.717, 1.165) is 47.6 Å². The number of fused-ring (bicyclic) bond motifs is 3. The third-order valence-electron chi connectivity index (χ3n) is 5.49. The zero-order valence-electron chi connectivity index (χ0n) is 16.1. The number of carbonyl (C=O) groups excluding carboxylic acids is 1. The molecule has 2 aromatic carbocycles. The van der Waals surface area contributed by atoms with E-state index in [4.69, 9.17) is 9.47 Å². The summed E-state index contributed by atoms with van der Waals surface area (Å²) >= 11 is 0. The third-order valence-corrected chi connectivity index (χ3v) is 5.49. The first kappa shape index (κ1) is 17.7. The van der Waals surface area contributed by atoms with Gasteiger partial charge in [-0.25, -0.2) is 4.79 Å². The van der Waals surface area contributed by atoms with Gasteiger partial charge in [0, 0.05) is 23.5 Å². The predicted molar refractivity (Wildman–Crippen MR) is 106 cm³/mol. The maximum atomic E-state index is 13.1. The van der Waals surface area contributed by atoms with E-state index >= 15 is 0 Å². The van der Waals surface area contributed by atoms with Crippen molar-refractivity contribution < 1.29 is 14.3 Å². The normalized spacial score (nSPS) is 20.9. The molecule has 1 saturated heterocycles. The van der Waals surface area contributed by atoms with E-state index in [0.29, 0.717) is 6.61 Å². The van der Waals surface area contributed by atoms with E-state index in [1.165, 1.54) is 0 Å². The number of esters is 1. The van der Waals surface area contributed by atoms with Crippen LogP contribution >= 0.6 is 0 Å². The highest BCUT2D eigenvalue weighted by atomic mass is 16.5. The molecule has 4 rings (SSSR count). The van der Waals surface area contributed by atoms with Crippen LogP contribution in [-0.4, -0.2) is 32.4 Å². The number of benzene rings is 2. The summed E-state index contributed by atoms with van der Waals surface area (Å²) in [5.41, 5.74) is 4.35. The highest BCUT2D eigenvalue weighted by molar-refractivity contribution is 5.87. The van der Waals surface area contributed by atoms with Crippen molar-refractivity contribution in [1.29, 1.82) is 0 Å². The minimum absolute atomic E-state index is 0.156. The van der Waals surface area contributed by atoms with E-state index in [1.807, 2.05) is 31.2 Å². The van der Waals surface area contributed by atoms with Crippen LogP contribution in [0.2, 0.25) is 0 Å². The van der Waals surface area contributed by atoms with Crippen molar-refractivity contribution in [3.8, 4) is 5.75 Å². The molecule has 1 fully saturated rings. The summed E-state index contributed by atoms with van der Waals surface area (Å²) in [7, 11) is 1.66. The minimum Gasteiger partial charge on any atom is -0.497 e. The zero-order chi connectivity index (χ0) is 19.0. The Kier molecular flexibility index (Phi) is 4.68. The van der Waals surface area contributed by atoms with E-state index in [1.54, 1.807) is 7.11 Å². The van der Waals surface area contributed by atoms with Crippen molar-refractivity contribution in [3.63, 3.8) is 0 Å². The number of methoxy groups -OCH3 is 1. The number of hydrogen-bond acceptors (Lipinski definition) is 5. The zero-order valence-corrected chi connectivity index (χ0v) is 16.1. The molecule has 0 unspecified atom stereocenters. The van der Waals surface area contributed by atoms with Crippen LogP contribution < -0.4 is 14.5 Å². The second-order valence-corrected chi connectivity index (χ2v) is 7.14. The maximum Gasteiger partial charge on any atom is 0.333 e. The topological polar surface area (TPSA) is 42.0 Å². The van der Waals surface area contributed by atoms with Gasteiger partial charge in [-0.2, -0.15) is 0 Å². The molecule has 5 nitrogen and oxygen atoms in total. The van der Waals surface area contributed by atoms with Crippen LogP contribution in [0.4, 0.5) is 11.4 Å². The van der Waals surface area contributed by atoms with Crippen LogP contribution in [0, 0.1) is 6.92 Å². The van der Waals surface area contributed by atoms with E-state index in [2.05, 4.69) is 34.9 Å². The minimum atomic E-state index is -0.437. The molecule has 2 aliphatic rings. The molecule has 142 valence electrons. The van der Waals surface area contributed by atoms with Gasteiger partial charge < -0.3 is 19.3 Å². The van der Waals surface area contributed by atoms with Crippen LogP contribution in [0.1, 0.15) is 36.9 Å². The van der Waals surface area contributed by atoms with Gasteiger partial charge in [-0.15, -0.1) is 0 Å². The number of rotatable bonds is 4. The summed E-state index contributed by atoms with van der Waals surface area (Å²) < 4.78 is 10.8. The Labute approximate surface area is 160 Å². The van der Waals surface area contributed by atoms with Crippen LogP contribution in [0.5, 0.6) is 5.75 Å². The van der Waals surface area contributed by atoms with Crippen molar-refractivity contribution in [1.82, 2.24) is 0 Å². The lowest BCUT2D eigenvalue weighted by Gasteiger charge is -2.47. The van der Waals surface area contributed by atoms with E-state index in [9.17, 15) is 4.79 Å². The summed E-state index contributed by atoms with van der Waals surface area (Å²) in [6, 6.07) is 13.9. The lowest BCUT2D eigenvalue weighted by atomic mass is 9.95. The first-order valence-corrected chi connectivity index (χ1v) is 9.60. The Morgan fingerprint density at radius 1 is 1.19 bits per heavy atom. The molecule has 0 N–H and O–H groups in total. The van der Waals surface area contributed by atoms with Gasteiger partial charge in [-0.1, -0.05) is 17.7 Å². The van der Waals surface area contributed by atoms with Gasteiger partial charge in [0.05, 0.1) is 13.7 Å². The van der Waals surface area contributed by atoms with Crippen LogP contribution in [0.3, 0.4) is 0 Å². The average molecular weight is 366 g/mol. The summed E-state index contributed by atoms with van der Waals surface area (Å²) in [5.74, 6) is 0.620. The molecule has 0 bridgehead atoms. The van der Waals surface area contributed by atoms with Crippen LogP contribution in [0.25, 0.3) is 0 Å². The first-order valence-electron chi connectivity index (χ1n) is 9.60. The number of aryl methyl sites for hydroxylation is 1. The lowest BCUT2D eigenvalue weighted by molar-refractivity contribution is -0.145. The second kappa shape index (κ2) is 7.14. The molecule has 2 heterocycles. The fraction of sp³-hybridized carbons (Fsp3) is 0.409. The van der Waals surface area contributed by atoms with Gasteiger partial charge in [-0.05, 0) is 57.0 Å². The summed E-state index contributed by atoms with van der Waals surface area (Å²) in [5, 5.41) is 0. The Hall–Kier alpha value is -2.69. The number of carbonyl (C=O) groups is 1. The first-order chi connectivity index (χ1) is 13.1. The molecule has 2 aromatic rings. The standard InChI is InChI=1S/C22H26N2O3/c1-4-27-22(25)21-18-14-15(2)7-12-19(18)23-13-5-6-20(23)24(21)16-8-10-17(26-3)11-9-16/h7-12,14,20-21H,4-6,13H2,1-3H3/t20-,21+/m1/s1. The number of hydrogen-bond donors (Lipinski definition) is 0. The summed E-state index contributed by atoms with van der Waals surface area (Å²) in [4.78, 5) is 17.7. The lowest BCUT2D eigenvalue weighted by Crippen LogP contribution is -2.53.